The van der Waals surface area contributed by atoms with Crippen LogP contribution in [0.2, 0.25) is 0 Å². The average Bonchev–Trinajstić information content (AvgIpc) is 3.46. The Morgan fingerprint density at radius 1 is 1.00 bits per heavy atom. The highest BCUT2D eigenvalue weighted by molar-refractivity contribution is 5.90. The van der Waals surface area contributed by atoms with E-state index in [0.29, 0.717) is 44.6 Å². The SMILES string of the molecule is N#Cc1ccc(N2CCC3(CC2)CC(C(=O)N2CCCC2)N(C(=O)C2CCC2)C3)cc1C(F)(F)F. The smallest absolute Gasteiger partial charge is 0.371 e. The summed E-state index contributed by atoms with van der Waals surface area (Å²) in [7, 11) is 0. The Labute approximate surface area is 203 Å². The summed E-state index contributed by atoms with van der Waals surface area (Å²) in [4.78, 5) is 32.3. The Bertz CT molecular complexity index is 1030. The number of rotatable bonds is 3. The normalized spacial score (nSPS) is 24.5. The van der Waals surface area contributed by atoms with Crippen LogP contribution in [-0.2, 0) is 15.8 Å². The molecule has 5 rings (SSSR count). The highest BCUT2D eigenvalue weighted by Crippen LogP contribution is 2.46. The van der Waals surface area contributed by atoms with Crippen LogP contribution >= 0.6 is 0 Å². The highest BCUT2D eigenvalue weighted by atomic mass is 19.4. The first-order valence-corrected chi connectivity index (χ1v) is 12.7. The maximum Gasteiger partial charge on any atom is 0.417 e. The number of halogens is 3. The van der Waals surface area contributed by atoms with Crippen molar-refractivity contribution in [1.82, 2.24) is 9.80 Å². The van der Waals surface area contributed by atoms with Crippen molar-refractivity contribution in [2.45, 2.75) is 63.6 Å². The van der Waals surface area contributed by atoms with Crippen molar-refractivity contribution in [3.05, 3.63) is 29.3 Å². The molecular weight excluding hydrogens is 457 g/mol. The van der Waals surface area contributed by atoms with Crippen LogP contribution in [0.25, 0.3) is 0 Å². The van der Waals surface area contributed by atoms with Gasteiger partial charge in [0.2, 0.25) is 11.8 Å². The van der Waals surface area contributed by atoms with Crippen LogP contribution in [0, 0.1) is 22.7 Å². The Balaban J connectivity index is 1.32. The number of nitrogens with zero attached hydrogens (tertiary/aromatic N) is 4. The number of amides is 2. The monoisotopic (exact) mass is 488 g/mol. The fraction of sp³-hybridized carbons (Fsp3) is 0.654. The molecule has 0 aromatic heterocycles. The molecule has 1 atom stereocenters. The zero-order valence-corrected chi connectivity index (χ0v) is 19.8. The van der Waals surface area contributed by atoms with Gasteiger partial charge in [0.05, 0.1) is 17.2 Å². The molecule has 4 fully saturated rings. The molecule has 0 N–H and O–H groups in total. The first-order chi connectivity index (χ1) is 16.7. The lowest BCUT2D eigenvalue weighted by Crippen LogP contribution is -2.49. The summed E-state index contributed by atoms with van der Waals surface area (Å²) in [5, 5.41) is 9.07. The van der Waals surface area contributed by atoms with Gasteiger partial charge in [0.1, 0.15) is 6.04 Å². The number of anilines is 1. The summed E-state index contributed by atoms with van der Waals surface area (Å²) in [6.45, 7) is 3.17. The molecule has 188 valence electrons. The minimum atomic E-state index is -4.59. The predicted octanol–water partition coefficient (Wildman–Crippen LogP) is 4.19. The van der Waals surface area contributed by atoms with E-state index >= 15 is 0 Å². The van der Waals surface area contributed by atoms with Crippen molar-refractivity contribution < 1.29 is 22.8 Å². The van der Waals surface area contributed by atoms with Gasteiger partial charge in [0.15, 0.2) is 0 Å². The van der Waals surface area contributed by atoms with E-state index in [9.17, 15) is 22.8 Å². The van der Waals surface area contributed by atoms with Crippen LogP contribution in [0.15, 0.2) is 18.2 Å². The van der Waals surface area contributed by atoms with Gasteiger partial charge in [0.25, 0.3) is 0 Å². The molecule has 35 heavy (non-hydrogen) atoms. The first kappa shape index (κ1) is 24.0. The number of piperidine rings is 1. The van der Waals surface area contributed by atoms with E-state index in [2.05, 4.69) is 0 Å². The van der Waals surface area contributed by atoms with Crippen LogP contribution in [0.3, 0.4) is 0 Å². The van der Waals surface area contributed by atoms with E-state index in [1.54, 1.807) is 12.1 Å². The zero-order chi connectivity index (χ0) is 24.8. The molecule has 4 aliphatic rings. The standard InChI is InChI=1S/C26H31F3N4O2/c27-26(28,29)21-14-20(7-6-19(21)16-30)31-12-8-25(9-13-31)15-22(24(35)32-10-1-2-11-32)33(17-25)23(34)18-4-3-5-18/h6-7,14,18,22H,1-5,8-13,15,17H2. The fourth-order valence-corrected chi connectivity index (χ4v) is 6.21. The second kappa shape index (κ2) is 9.03. The molecule has 3 saturated heterocycles. The van der Waals surface area contributed by atoms with E-state index in [0.717, 1.165) is 51.3 Å². The van der Waals surface area contributed by atoms with Crippen LogP contribution < -0.4 is 4.90 Å². The van der Waals surface area contributed by atoms with Crippen LogP contribution in [0.1, 0.15) is 62.5 Å². The molecule has 0 radical (unpaired) electrons. The average molecular weight is 489 g/mol. The van der Waals surface area contributed by atoms with Crippen molar-refractivity contribution in [2.24, 2.45) is 11.3 Å². The molecule has 9 heteroatoms. The highest BCUT2D eigenvalue weighted by Gasteiger charge is 2.52. The summed E-state index contributed by atoms with van der Waals surface area (Å²) in [5.41, 5.74) is -1.02. The molecule has 1 saturated carbocycles. The van der Waals surface area contributed by atoms with E-state index in [-0.39, 0.29) is 28.7 Å². The fourth-order valence-electron chi connectivity index (χ4n) is 6.21. The Hall–Kier alpha value is -2.76. The summed E-state index contributed by atoms with van der Waals surface area (Å²) in [6, 6.07) is 5.10. The Morgan fingerprint density at radius 2 is 1.69 bits per heavy atom. The molecule has 1 unspecified atom stereocenters. The van der Waals surface area contributed by atoms with Gasteiger partial charge < -0.3 is 14.7 Å². The number of alkyl halides is 3. The summed E-state index contributed by atoms with van der Waals surface area (Å²) < 4.78 is 40.3. The maximum absolute atomic E-state index is 13.4. The van der Waals surface area contributed by atoms with Gasteiger partial charge in [0, 0.05) is 44.3 Å². The number of likely N-dealkylation sites (tertiary alicyclic amines) is 2. The third-order valence-corrected chi connectivity index (χ3v) is 8.57. The van der Waals surface area contributed by atoms with E-state index < -0.39 is 17.8 Å². The first-order valence-electron chi connectivity index (χ1n) is 12.7. The Morgan fingerprint density at radius 3 is 2.26 bits per heavy atom. The predicted molar refractivity (Wildman–Crippen MR) is 123 cm³/mol. The minimum Gasteiger partial charge on any atom is -0.371 e. The molecule has 1 aliphatic carbocycles. The Kier molecular flexibility index (Phi) is 6.18. The molecule has 1 aromatic carbocycles. The largest absolute Gasteiger partial charge is 0.417 e. The van der Waals surface area contributed by atoms with Gasteiger partial charge in [-0.05, 0) is 68.6 Å². The molecule has 2 amide bonds. The van der Waals surface area contributed by atoms with Gasteiger partial charge in [-0.2, -0.15) is 18.4 Å². The third-order valence-electron chi connectivity index (χ3n) is 8.57. The number of carbonyl (C=O) groups excluding carboxylic acids is 2. The third kappa shape index (κ3) is 4.48. The number of benzene rings is 1. The van der Waals surface area contributed by atoms with Crippen molar-refractivity contribution in [2.75, 3.05) is 37.6 Å². The number of hydrogen-bond donors (Lipinski definition) is 0. The number of hydrogen-bond acceptors (Lipinski definition) is 4. The van der Waals surface area contributed by atoms with Gasteiger partial charge in [-0.25, -0.2) is 0 Å². The molecule has 6 nitrogen and oxygen atoms in total. The van der Waals surface area contributed by atoms with Crippen LogP contribution in [0.5, 0.6) is 0 Å². The second-order valence-electron chi connectivity index (χ2n) is 10.7. The van der Waals surface area contributed by atoms with Crippen molar-refractivity contribution >= 4 is 17.5 Å². The minimum absolute atomic E-state index is 0.0264. The second-order valence-corrected chi connectivity index (χ2v) is 10.7. The maximum atomic E-state index is 13.4. The molecule has 1 aromatic rings. The lowest BCUT2D eigenvalue weighted by Gasteiger charge is -2.40. The molecule has 1 spiro atoms. The molecular formula is C26H31F3N4O2. The van der Waals surface area contributed by atoms with Gasteiger partial charge >= 0.3 is 6.18 Å². The summed E-state index contributed by atoms with van der Waals surface area (Å²) in [5.74, 6) is 0.199. The van der Waals surface area contributed by atoms with Crippen molar-refractivity contribution in [3.63, 3.8) is 0 Å². The van der Waals surface area contributed by atoms with Gasteiger partial charge in [-0.1, -0.05) is 6.42 Å². The lowest BCUT2D eigenvalue weighted by atomic mass is 9.76. The van der Waals surface area contributed by atoms with E-state index in [4.69, 9.17) is 5.26 Å². The number of carbonyl (C=O) groups is 2. The summed E-state index contributed by atoms with van der Waals surface area (Å²) in [6.07, 6.45) is 2.31. The van der Waals surface area contributed by atoms with E-state index in [1.165, 1.54) is 6.07 Å². The number of nitriles is 1. The van der Waals surface area contributed by atoms with E-state index in [1.807, 2.05) is 14.7 Å². The molecule has 3 aliphatic heterocycles. The molecule has 0 bridgehead atoms. The molecule has 3 heterocycles. The van der Waals surface area contributed by atoms with Gasteiger partial charge in [-0.15, -0.1) is 0 Å². The van der Waals surface area contributed by atoms with Crippen LogP contribution in [-0.4, -0.2) is 60.4 Å². The quantitative estimate of drug-likeness (QED) is 0.640. The van der Waals surface area contributed by atoms with Crippen molar-refractivity contribution in [3.8, 4) is 6.07 Å². The van der Waals surface area contributed by atoms with Crippen LogP contribution in [0.4, 0.5) is 18.9 Å². The lowest BCUT2D eigenvalue weighted by molar-refractivity contribution is -0.147. The topological polar surface area (TPSA) is 67.7 Å². The van der Waals surface area contributed by atoms with Gasteiger partial charge in [-0.3, -0.25) is 9.59 Å². The summed E-state index contributed by atoms with van der Waals surface area (Å²) >= 11 is 0. The zero-order valence-electron chi connectivity index (χ0n) is 19.8. The van der Waals surface area contributed by atoms with Crippen molar-refractivity contribution in [1.29, 1.82) is 5.26 Å².